The fraction of sp³-hybridized carbons (Fsp3) is 0.348. The van der Waals surface area contributed by atoms with Crippen molar-refractivity contribution in [3.8, 4) is 5.69 Å². The Balaban J connectivity index is 1.29. The monoisotopic (exact) mass is 418 g/mol. The largest absolute Gasteiger partial charge is 0.339 e. The van der Waals surface area contributed by atoms with Gasteiger partial charge in [-0.2, -0.15) is 4.68 Å². The fourth-order valence-electron chi connectivity index (χ4n) is 3.72. The van der Waals surface area contributed by atoms with Crippen LogP contribution in [-0.4, -0.2) is 63.0 Å². The predicted molar refractivity (Wildman–Crippen MR) is 117 cm³/mol. The summed E-state index contributed by atoms with van der Waals surface area (Å²) in [6, 6.07) is 17.4. The summed E-state index contributed by atoms with van der Waals surface area (Å²) in [6.07, 6.45) is 1.41. The second-order valence-corrected chi connectivity index (χ2v) is 7.57. The average molecular weight is 419 g/mol. The minimum Gasteiger partial charge on any atom is -0.339 e. The summed E-state index contributed by atoms with van der Waals surface area (Å²) in [7, 11) is 0. The van der Waals surface area contributed by atoms with Crippen LogP contribution in [0.5, 0.6) is 0 Å². The number of aryl methyl sites for hydroxylation is 1. The van der Waals surface area contributed by atoms with Gasteiger partial charge in [0, 0.05) is 44.6 Å². The molecule has 0 N–H and O–H groups in total. The van der Waals surface area contributed by atoms with E-state index in [1.807, 2.05) is 59.5 Å². The van der Waals surface area contributed by atoms with Gasteiger partial charge in [0.1, 0.15) is 0 Å². The average Bonchev–Trinajstić information content (AvgIpc) is 3.33. The SMILES string of the molecule is CCc1ccc(C(=O)CCC(=O)N2CCN(c3nnnn3-c3ccccc3)CC2)cc1. The van der Waals surface area contributed by atoms with Crippen molar-refractivity contribution in [2.24, 2.45) is 0 Å². The van der Waals surface area contributed by atoms with E-state index in [0.29, 0.717) is 37.7 Å². The van der Waals surface area contributed by atoms with Gasteiger partial charge >= 0.3 is 0 Å². The molecule has 1 saturated heterocycles. The summed E-state index contributed by atoms with van der Waals surface area (Å²) in [6.45, 7) is 4.54. The molecule has 160 valence electrons. The zero-order valence-electron chi connectivity index (χ0n) is 17.6. The van der Waals surface area contributed by atoms with Crippen LogP contribution in [-0.2, 0) is 11.2 Å². The molecule has 1 aliphatic rings. The van der Waals surface area contributed by atoms with Crippen LogP contribution >= 0.6 is 0 Å². The molecule has 1 amide bonds. The van der Waals surface area contributed by atoms with Crippen molar-refractivity contribution in [2.45, 2.75) is 26.2 Å². The predicted octanol–water partition coefficient (Wildman–Crippen LogP) is 2.54. The highest BCUT2D eigenvalue weighted by molar-refractivity contribution is 5.98. The Morgan fingerprint density at radius 3 is 2.29 bits per heavy atom. The number of hydrogen-bond acceptors (Lipinski definition) is 6. The second-order valence-electron chi connectivity index (χ2n) is 7.57. The maximum absolute atomic E-state index is 12.6. The number of hydrogen-bond donors (Lipinski definition) is 0. The van der Waals surface area contributed by atoms with Crippen LogP contribution < -0.4 is 4.90 Å². The molecule has 1 aromatic heterocycles. The Bertz CT molecular complexity index is 1020. The van der Waals surface area contributed by atoms with E-state index >= 15 is 0 Å². The van der Waals surface area contributed by atoms with E-state index in [-0.39, 0.29) is 24.5 Å². The lowest BCUT2D eigenvalue weighted by Crippen LogP contribution is -2.49. The van der Waals surface area contributed by atoms with Gasteiger partial charge < -0.3 is 9.80 Å². The van der Waals surface area contributed by atoms with Gasteiger partial charge in [-0.1, -0.05) is 54.5 Å². The van der Waals surface area contributed by atoms with Crippen LogP contribution in [0.2, 0.25) is 0 Å². The lowest BCUT2D eigenvalue weighted by Gasteiger charge is -2.34. The van der Waals surface area contributed by atoms with Gasteiger partial charge in [-0.25, -0.2) is 0 Å². The van der Waals surface area contributed by atoms with Gasteiger partial charge in [-0.3, -0.25) is 9.59 Å². The summed E-state index contributed by atoms with van der Waals surface area (Å²) in [5.74, 6) is 0.696. The quantitative estimate of drug-likeness (QED) is 0.548. The van der Waals surface area contributed by atoms with Crippen molar-refractivity contribution in [2.75, 3.05) is 31.1 Å². The van der Waals surface area contributed by atoms with E-state index in [1.54, 1.807) is 4.68 Å². The molecule has 0 bridgehead atoms. The molecule has 8 nitrogen and oxygen atoms in total. The van der Waals surface area contributed by atoms with Gasteiger partial charge in [0.05, 0.1) is 5.69 Å². The third-order valence-electron chi connectivity index (χ3n) is 5.62. The molecular weight excluding hydrogens is 392 g/mol. The van der Waals surface area contributed by atoms with Crippen molar-refractivity contribution in [3.63, 3.8) is 0 Å². The van der Waals surface area contributed by atoms with Crippen molar-refractivity contribution in [1.82, 2.24) is 25.1 Å². The number of carbonyl (C=O) groups excluding carboxylic acids is 2. The van der Waals surface area contributed by atoms with E-state index < -0.39 is 0 Å². The number of benzene rings is 2. The highest BCUT2D eigenvalue weighted by Gasteiger charge is 2.25. The summed E-state index contributed by atoms with van der Waals surface area (Å²) in [5.41, 5.74) is 2.76. The van der Waals surface area contributed by atoms with Gasteiger partial charge in [-0.05, 0) is 34.5 Å². The van der Waals surface area contributed by atoms with E-state index in [0.717, 1.165) is 12.1 Å². The van der Waals surface area contributed by atoms with Gasteiger partial charge in [0.15, 0.2) is 5.78 Å². The molecule has 8 heteroatoms. The number of ketones is 1. The number of carbonyl (C=O) groups is 2. The standard InChI is InChI=1S/C23H26N6O2/c1-2-18-8-10-19(11-9-18)21(30)12-13-22(31)27-14-16-28(17-15-27)23-24-25-26-29(23)20-6-4-3-5-7-20/h3-11H,2,12-17H2,1H3. The first-order valence-electron chi connectivity index (χ1n) is 10.6. The first kappa shape index (κ1) is 20.7. The highest BCUT2D eigenvalue weighted by atomic mass is 16.2. The van der Waals surface area contributed by atoms with Gasteiger partial charge in [0.25, 0.3) is 0 Å². The Morgan fingerprint density at radius 1 is 0.903 bits per heavy atom. The lowest BCUT2D eigenvalue weighted by molar-refractivity contribution is -0.131. The fourth-order valence-corrected chi connectivity index (χ4v) is 3.72. The number of amides is 1. The van der Waals surface area contributed by atoms with E-state index in [4.69, 9.17) is 0 Å². The maximum Gasteiger partial charge on any atom is 0.250 e. The van der Waals surface area contributed by atoms with Gasteiger partial charge in [0.2, 0.25) is 11.9 Å². The molecule has 0 radical (unpaired) electrons. The molecule has 1 aliphatic heterocycles. The van der Waals surface area contributed by atoms with Crippen LogP contribution in [0.3, 0.4) is 0 Å². The van der Waals surface area contributed by atoms with Crippen LogP contribution in [0.1, 0.15) is 35.7 Å². The minimum absolute atomic E-state index is 0.0108. The smallest absolute Gasteiger partial charge is 0.250 e. The minimum atomic E-state index is 0.0108. The summed E-state index contributed by atoms with van der Waals surface area (Å²) < 4.78 is 1.71. The van der Waals surface area contributed by atoms with Crippen molar-refractivity contribution in [1.29, 1.82) is 0 Å². The summed E-state index contributed by atoms with van der Waals surface area (Å²) >= 11 is 0. The Morgan fingerprint density at radius 2 is 1.61 bits per heavy atom. The molecule has 3 aromatic rings. The molecule has 1 fully saturated rings. The molecular formula is C23H26N6O2. The third-order valence-corrected chi connectivity index (χ3v) is 5.62. The Hall–Kier alpha value is -3.55. The second kappa shape index (κ2) is 9.51. The molecule has 2 aromatic carbocycles. The number of nitrogens with zero attached hydrogens (tertiary/aromatic N) is 6. The molecule has 0 saturated carbocycles. The van der Waals surface area contributed by atoms with Crippen LogP contribution in [0.25, 0.3) is 5.69 Å². The molecule has 0 spiro atoms. The number of para-hydroxylation sites is 1. The zero-order valence-corrected chi connectivity index (χ0v) is 17.6. The van der Waals surface area contributed by atoms with E-state index in [2.05, 4.69) is 27.3 Å². The van der Waals surface area contributed by atoms with E-state index in [9.17, 15) is 9.59 Å². The molecule has 4 rings (SSSR count). The summed E-state index contributed by atoms with van der Waals surface area (Å²) in [5, 5.41) is 12.1. The third kappa shape index (κ3) is 4.79. The Kier molecular flexibility index (Phi) is 6.35. The van der Waals surface area contributed by atoms with E-state index in [1.165, 1.54) is 5.56 Å². The number of rotatable bonds is 7. The van der Waals surface area contributed by atoms with Gasteiger partial charge in [-0.15, -0.1) is 0 Å². The maximum atomic E-state index is 12.6. The van der Waals surface area contributed by atoms with Crippen molar-refractivity contribution in [3.05, 3.63) is 65.7 Å². The van der Waals surface area contributed by atoms with Crippen molar-refractivity contribution >= 4 is 17.6 Å². The lowest BCUT2D eigenvalue weighted by atomic mass is 10.0. The number of anilines is 1. The molecule has 0 atom stereocenters. The first-order valence-corrected chi connectivity index (χ1v) is 10.6. The molecule has 31 heavy (non-hydrogen) atoms. The van der Waals surface area contributed by atoms with Crippen LogP contribution in [0, 0.1) is 0 Å². The molecule has 0 unspecified atom stereocenters. The summed E-state index contributed by atoms with van der Waals surface area (Å²) in [4.78, 5) is 28.9. The number of aromatic nitrogens is 4. The molecule has 0 aliphatic carbocycles. The first-order chi connectivity index (χ1) is 15.2. The normalized spacial score (nSPS) is 14.0. The number of Topliss-reactive ketones (excluding diaryl/α,β-unsaturated/α-hetero) is 1. The van der Waals surface area contributed by atoms with Crippen LogP contribution in [0.4, 0.5) is 5.95 Å². The van der Waals surface area contributed by atoms with Crippen molar-refractivity contribution < 1.29 is 9.59 Å². The topological polar surface area (TPSA) is 84.2 Å². The Labute approximate surface area is 181 Å². The number of piperazine rings is 1. The zero-order chi connectivity index (χ0) is 21.6. The highest BCUT2D eigenvalue weighted by Crippen LogP contribution is 2.18. The van der Waals surface area contributed by atoms with Crippen LogP contribution in [0.15, 0.2) is 54.6 Å². The number of tetrazole rings is 1. The molecule has 2 heterocycles.